The van der Waals surface area contributed by atoms with Crippen molar-refractivity contribution in [1.82, 2.24) is 38.2 Å². The highest BCUT2D eigenvalue weighted by Gasteiger charge is 2.51. The molecule has 0 N–H and O–H groups in total. The first-order valence-electron chi connectivity index (χ1n) is 50.3. The van der Waals surface area contributed by atoms with Crippen LogP contribution in [-0.2, 0) is 50.3 Å². The van der Waals surface area contributed by atoms with Gasteiger partial charge in [-0.25, -0.2) is 19.9 Å². The molecular formula is C124H124N16O4. The zero-order chi connectivity index (χ0) is 100. The Kier molecular flexibility index (Phi) is 21.6. The molecular weight excluding hydrogens is 1780 g/mol. The molecule has 0 amide bonds. The van der Waals surface area contributed by atoms with Gasteiger partial charge in [-0.05, 0) is 353 Å². The summed E-state index contributed by atoms with van der Waals surface area (Å²) in [5.41, 5.74) is 31.3. The van der Waals surface area contributed by atoms with E-state index in [1.165, 1.54) is 135 Å². The summed E-state index contributed by atoms with van der Waals surface area (Å²) in [4.78, 5) is 38.8. The molecule has 0 saturated carbocycles. The number of pyridine rings is 4. The van der Waals surface area contributed by atoms with Crippen molar-refractivity contribution in [3.8, 4) is 0 Å². The first kappa shape index (κ1) is 91.8. The highest BCUT2D eigenvalue weighted by Crippen LogP contribution is 2.59. The lowest BCUT2D eigenvalue weighted by Crippen LogP contribution is -2.49. The summed E-state index contributed by atoms with van der Waals surface area (Å²) in [7, 11) is 8.54. The first-order valence-corrected chi connectivity index (χ1v) is 50.3. The maximum absolute atomic E-state index is 6.28. The van der Waals surface area contributed by atoms with Crippen LogP contribution in [0.5, 0.6) is 0 Å². The van der Waals surface area contributed by atoms with E-state index in [-0.39, 0.29) is 46.8 Å². The van der Waals surface area contributed by atoms with E-state index in [9.17, 15) is 0 Å². The molecule has 144 heavy (non-hydrogen) atoms. The predicted molar refractivity (Wildman–Crippen MR) is 595 cm³/mol. The number of aryl methyl sites for hydroxylation is 12. The average molecular weight is 1900 g/mol. The van der Waals surface area contributed by atoms with Crippen molar-refractivity contribution in [2.75, 3.05) is 39.2 Å². The highest BCUT2D eigenvalue weighted by molar-refractivity contribution is 6.11. The van der Waals surface area contributed by atoms with Crippen molar-refractivity contribution in [3.05, 3.63) is 359 Å². The Morgan fingerprint density at radius 1 is 0.243 bits per heavy atom. The number of benzene rings is 10. The van der Waals surface area contributed by atoms with Crippen LogP contribution < -0.4 is 39.2 Å². The molecule has 0 bridgehead atoms. The standard InChI is InChI=1S/2C33H32N4O.2C29H30N4O/c2*1-20-15-18-28-30(24-17-16-21(2)34-32(24)38-28)31(20)33(4,5)37-22(3)36(26-13-9-10-14-27(26)37)29-19-23-11-7-8-12-25(23)35(29)6;2*1-18-13-16-24-26(21-15-14-19(2)30-28(21)34-24)27(18)29(4,5)33-20(3)32(25-12-9-17-31(25)6)22-10-7-8-11-23(22)33/h2*7-19,22H,1-6H3;2*7-17,20H,1-6H3/t2*22-;2*20-/m1111/s1. The molecule has 0 fully saturated rings. The second-order valence-corrected chi connectivity index (χ2v) is 42.0. The van der Waals surface area contributed by atoms with Crippen LogP contribution in [0.25, 0.3) is 110 Å². The van der Waals surface area contributed by atoms with Gasteiger partial charge in [-0.1, -0.05) is 109 Å². The molecule has 4 aliphatic heterocycles. The lowest BCUT2D eigenvalue weighted by atomic mass is 9.84. The van der Waals surface area contributed by atoms with Gasteiger partial charge in [0.2, 0.25) is 22.9 Å². The van der Waals surface area contributed by atoms with Gasteiger partial charge in [-0.15, -0.1) is 0 Å². The second-order valence-electron chi connectivity index (χ2n) is 42.0. The van der Waals surface area contributed by atoms with Crippen LogP contribution in [0.4, 0.5) is 68.8 Å². The Hall–Kier alpha value is -16.0. The molecule has 12 aromatic heterocycles. The van der Waals surface area contributed by atoms with Gasteiger partial charge in [-0.3, -0.25) is 0 Å². The van der Waals surface area contributed by atoms with E-state index in [2.05, 4.69) is 498 Å². The lowest BCUT2D eigenvalue weighted by molar-refractivity contribution is 0.447. The van der Waals surface area contributed by atoms with Crippen LogP contribution in [0.1, 0.15) is 150 Å². The minimum atomic E-state index is -0.347. The van der Waals surface area contributed by atoms with Gasteiger partial charge < -0.3 is 75.1 Å². The predicted octanol–water partition coefficient (Wildman–Crippen LogP) is 31.0. The number of anilines is 12. The third kappa shape index (κ3) is 14.1. The minimum Gasteiger partial charge on any atom is -0.438 e. The van der Waals surface area contributed by atoms with Gasteiger partial charge in [0.25, 0.3) is 0 Å². The largest absolute Gasteiger partial charge is 0.438 e. The molecule has 20 heteroatoms. The van der Waals surface area contributed by atoms with E-state index in [4.69, 9.17) is 27.6 Å². The van der Waals surface area contributed by atoms with Gasteiger partial charge >= 0.3 is 0 Å². The number of fused-ring (bicyclic) bond motifs is 18. The van der Waals surface area contributed by atoms with Crippen molar-refractivity contribution in [2.24, 2.45) is 28.2 Å². The van der Waals surface area contributed by atoms with Crippen molar-refractivity contribution in [3.63, 3.8) is 0 Å². The quantitative estimate of drug-likeness (QED) is 0.114. The molecule has 4 atom stereocenters. The van der Waals surface area contributed by atoms with Crippen molar-refractivity contribution in [2.45, 2.75) is 185 Å². The zero-order valence-corrected chi connectivity index (χ0v) is 86.8. The van der Waals surface area contributed by atoms with Crippen LogP contribution >= 0.6 is 0 Å². The maximum atomic E-state index is 6.28. The summed E-state index contributed by atoms with van der Waals surface area (Å²) >= 11 is 0. The number of aromatic nitrogens is 8. The number of furan rings is 4. The number of hydrogen-bond donors (Lipinski definition) is 0. The molecule has 22 aromatic rings. The fourth-order valence-electron chi connectivity index (χ4n) is 25.7. The summed E-state index contributed by atoms with van der Waals surface area (Å²) in [5, 5.41) is 11.4. The summed E-state index contributed by atoms with van der Waals surface area (Å²) < 4.78 is 34.0. The van der Waals surface area contributed by atoms with Gasteiger partial charge in [0, 0.05) is 128 Å². The summed E-state index contributed by atoms with van der Waals surface area (Å²) in [6.07, 6.45) is 4.62. The Morgan fingerprint density at radius 2 is 0.472 bits per heavy atom. The smallest absolute Gasteiger partial charge is 0.227 e. The molecule has 0 unspecified atom stereocenters. The van der Waals surface area contributed by atoms with Crippen molar-refractivity contribution < 1.29 is 17.7 Å². The molecule has 26 rings (SSSR count). The zero-order valence-electron chi connectivity index (χ0n) is 86.8. The number of rotatable bonds is 12. The maximum Gasteiger partial charge on any atom is 0.227 e. The van der Waals surface area contributed by atoms with Crippen molar-refractivity contribution >= 4 is 179 Å². The fraction of sp³-hybridized carbons (Fsp3) is 0.258. The second kappa shape index (κ2) is 33.9. The topological polar surface area (TPSA) is 150 Å². The molecule has 724 valence electrons. The molecule has 4 aliphatic rings. The van der Waals surface area contributed by atoms with E-state index in [0.29, 0.717) is 22.9 Å². The molecule has 0 aliphatic carbocycles. The van der Waals surface area contributed by atoms with Crippen LogP contribution in [0.15, 0.2) is 309 Å². The first-order chi connectivity index (χ1) is 69.1. The number of hydrogen-bond acceptors (Lipinski definition) is 16. The Morgan fingerprint density at radius 3 is 0.708 bits per heavy atom. The third-order valence-electron chi connectivity index (χ3n) is 31.5. The molecule has 0 saturated heterocycles. The average Bonchev–Trinajstić information content (AvgIpc) is 1.56. The summed E-state index contributed by atoms with van der Waals surface area (Å²) in [5.74, 6) is 4.74. The Bertz CT molecular complexity index is 8390. The number of para-hydroxylation sites is 10. The molecule has 0 radical (unpaired) electrons. The highest BCUT2D eigenvalue weighted by atomic mass is 16.4. The fourth-order valence-corrected chi connectivity index (χ4v) is 25.7. The van der Waals surface area contributed by atoms with Crippen LogP contribution in [-0.4, -0.2) is 62.9 Å². The van der Waals surface area contributed by atoms with Gasteiger partial charge in [0.1, 0.15) is 70.3 Å². The molecule has 16 heterocycles. The SMILES string of the molecule is Cc1ccc2c(n1)oc1ccc(C)c(C(C)(C)N3c4ccccc4N(c4cc5ccccc5n4C)[C@H]3C)c12.Cc1ccc2c(n1)oc1ccc(C)c(C(C)(C)N3c4ccccc4N(c4cc5ccccc5n4C)[C@H]3C)c12.Cc1ccc2c(n1)oc1ccc(C)c(C(C)(C)N3c4ccccc4N(c4cccn4C)[C@H]3C)c12.Cc1ccc2c(n1)oc1ccc(C)c(C(C)(C)N3c4ccccc4N(c4cccn4C)[C@H]3C)c12. The normalized spacial score (nSPS) is 15.9. The lowest BCUT2D eigenvalue weighted by Gasteiger charge is -2.43. The van der Waals surface area contributed by atoms with E-state index in [1.807, 2.05) is 27.7 Å². The molecule has 0 spiro atoms. The summed E-state index contributed by atoms with van der Waals surface area (Å²) in [6, 6.07) is 99.4. The minimum absolute atomic E-state index is 0.0820. The Balaban J connectivity index is 0.000000106. The molecule has 20 nitrogen and oxygen atoms in total. The van der Waals surface area contributed by atoms with Crippen molar-refractivity contribution in [1.29, 1.82) is 0 Å². The monoisotopic (exact) mass is 1900 g/mol. The Labute approximate surface area is 840 Å². The summed E-state index contributed by atoms with van der Waals surface area (Å²) in [6.45, 7) is 44.8. The van der Waals surface area contributed by atoms with E-state index in [1.54, 1.807) is 0 Å². The van der Waals surface area contributed by atoms with E-state index < -0.39 is 0 Å². The van der Waals surface area contributed by atoms with Crippen LogP contribution in [0.2, 0.25) is 0 Å². The van der Waals surface area contributed by atoms with Gasteiger partial charge in [0.15, 0.2) is 0 Å². The van der Waals surface area contributed by atoms with E-state index >= 15 is 0 Å². The van der Waals surface area contributed by atoms with Gasteiger partial charge in [-0.2, -0.15) is 0 Å². The van der Waals surface area contributed by atoms with Gasteiger partial charge in [0.05, 0.1) is 67.7 Å². The third-order valence-corrected chi connectivity index (χ3v) is 31.5. The van der Waals surface area contributed by atoms with E-state index in [0.717, 1.165) is 88.2 Å². The van der Waals surface area contributed by atoms with Crippen LogP contribution in [0, 0.1) is 55.4 Å². The molecule has 10 aromatic carbocycles. The number of nitrogens with zero attached hydrogens (tertiary/aromatic N) is 16. The van der Waals surface area contributed by atoms with Crippen LogP contribution in [0.3, 0.4) is 0 Å².